The zero-order valence-electron chi connectivity index (χ0n) is 10.5. The van der Waals surface area contributed by atoms with Crippen LogP contribution in [0.25, 0.3) is 0 Å². The summed E-state index contributed by atoms with van der Waals surface area (Å²) in [5.74, 6) is -0.669. The van der Waals surface area contributed by atoms with Gasteiger partial charge in [0.1, 0.15) is 5.75 Å². The lowest BCUT2D eigenvalue weighted by atomic mass is 10.0. The predicted octanol–water partition coefficient (Wildman–Crippen LogP) is 4.27. The number of hydrogen-bond acceptors (Lipinski definition) is 2. The highest BCUT2D eigenvalue weighted by Crippen LogP contribution is 2.34. The van der Waals surface area contributed by atoms with Gasteiger partial charge in [-0.25, -0.2) is 0 Å². The Balaban J connectivity index is 2.89. The minimum Gasteiger partial charge on any atom is -0.428 e. The molecule has 1 aromatic rings. The van der Waals surface area contributed by atoms with Crippen LogP contribution in [0.4, 0.5) is 30.7 Å². The van der Waals surface area contributed by atoms with Crippen LogP contribution in [0.5, 0.6) is 5.75 Å². The van der Waals surface area contributed by atoms with E-state index >= 15 is 0 Å². The number of hydrogen-bond donors (Lipinski definition) is 1. The Kier molecular flexibility index (Phi) is 5.43. The second-order valence-electron chi connectivity index (χ2n) is 4.26. The lowest BCUT2D eigenvalue weighted by Crippen LogP contribution is -2.34. The average molecular weight is 319 g/mol. The maximum atomic E-state index is 12.9. The molecule has 0 saturated heterocycles. The van der Waals surface area contributed by atoms with Crippen molar-refractivity contribution in [3.63, 3.8) is 0 Å². The molecule has 2 N–H and O–H groups in total. The summed E-state index contributed by atoms with van der Waals surface area (Å²) in [7, 11) is 0. The van der Waals surface area contributed by atoms with Crippen LogP contribution >= 0.6 is 0 Å². The van der Waals surface area contributed by atoms with Gasteiger partial charge in [-0.2, -0.15) is 30.7 Å². The molecular weight excluding hydrogens is 307 g/mol. The highest BCUT2D eigenvalue weighted by Gasteiger charge is 2.44. The van der Waals surface area contributed by atoms with Crippen molar-refractivity contribution >= 4 is 0 Å². The molecule has 0 amide bonds. The van der Waals surface area contributed by atoms with Crippen LogP contribution in [0.2, 0.25) is 0 Å². The summed E-state index contributed by atoms with van der Waals surface area (Å²) >= 11 is 0. The molecule has 0 fully saturated rings. The van der Waals surface area contributed by atoms with Gasteiger partial charge in [0.25, 0.3) is 0 Å². The van der Waals surface area contributed by atoms with Crippen molar-refractivity contribution < 1.29 is 35.5 Å². The third kappa shape index (κ3) is 5.41. The first kappa shape index (κ1) is 17.5. The summed E-state index contributed by atoms with van der Waals surface area (Å²) in [6.07, 6.45) is -15.1. The molecule has 0 heterocycles. The van der Waals surface area contributed by atoms with Crippen molar-refractivity contribution in [3.05, 3.63) is 29.8 Å². The molecule has 0 saturated carbocycles. The van der Waals surface area contributed by atoms with Crippen LogP contribution in [-0.4, -0.2) is 18.7 Å². The summed E-state index contributed by atoms with van der Waals surface area (Å²) in [5, 5.41) is 0. The lowest BCUT2D eigenvalue weighted by Gasteiger charge is -2.21. The molecule has 0 aromatic heterocycles. The largest absolute Gasteiger partial charge is 0.461 e. The van der Waals surface area contributed by atoms with E-state index in [0.717, 1.165) is 12.1 Å². The SMILES string of the molecule is N[C@H](CCC(F)(F)F)c1ccccc1OC(F)(F)C(F)F. The first-order valence-corrected chi connectivity index (χ1v) is 5.79. The summed E-state index contributed by atoms with van der Waals surface area (Å²) in [4.78, 5) is 0. The standard InChI is InChI=1S/C12H12F7NO/c13-10(14)12(18,19)21-9-4-2-1-3-7(9)8(20)5-6-11(15,16)17/h1-4,8,10H,5-6,20H2/t8-/m1/s1. The molecule has 1 atom stereocenters. The van der Waals surface area contributed by atoms with Crippen molar-refractivity contribution in [1.82, 2.24) is 0 Å². The summed E-state index contributed by atoms with van der Waals surface area (Å²) in [6, 6.07) is 3.38. The van der Waals surface area contributed by atoms with Gasteiger partial charge < -0.3 is 10.5 Å². The second-order valence-corrected chi connectivity index (χ2v) is 4.26. The Hall–Kier alpha value is -1.51. The van der Waals surface area contributed by atoms with E-state index in [-0.39, 0.29) is 5.56 Å². The fourth-order valence-electron chi connectivity index (χ4n) is 1.55. The third-order valence-corrected chi connectivity index (χ3v) is 2.56. The van der Waals surface area contributed by atoms with Crippen molar-refractivity contribution in [3.8, 4) is 5.75 Å². The highest BCUT2D eigenvalue weighted by molar-refractivity contribution is 5.36. The number of nitrogens with two attached hydrogens (primary N) is 1. The predicted molar refractivity (Wildman–Crippen MR) is 60.2 cm³/mol. The van der Waals surface area contributed by atoms with Gasteiger partial charge in [-0.05, 0) is 12.5 Å². The number of alkyl halides is 7. The van der Waals surface area contributed by atoms with Gasteiger partial charge in [0, 0.05) is 18.0 Å². The molecule has 0 aliphatic rings. The molecule has 0 bridgehead atoms. The summed E-state index contributed by atoms with van der Waals surface area (Å²) in [6.45, 7) is 0. The van der Waals surface area contributed by atoms with Gasteiger partial charge in [-0.1, -0.05) is 18.2 Å². The highest BCUT2D eigenvalue weighted by atomic mass is 19.4. The molecule has 0 aliphatic heterocycles. The Bertz CT molecular complexity index is 461. The van der Waals surface area contributed by atoms with E-state index < -0.39 is 43.3 Å². The first-order chi connectivity index (χ1) is 9.53. The van der Waals surface area contributed by atoms with Gasteiger partial charge in [-0.3, -0.25) is 0 Å². The van der Waals surface area contributed by atoms with Crippen molar-refractivity contribution in [2.75, 3.05) is 0 Å². The fourth-order valence-corrected chi connectivity index (χ4v) is 1.55. The number of para-hydroxylation sites is 1. The monoisotopic (exact) mass is 319 g/mol. The van der Waals surface area contributed by atoms with Crippen LogP contribution in [0.1, 0.15) is 24.4 Å². The van der Waals surface area contributed by atoms with E-state index in [1.54, 1.807) is 0 Å². The maximum Gasteiger partial charge on any atom is 0.461 e. The molecule has 0 spiro atoms. The van der Waals surface area contributed by atoms with E-state index in [0.29, 0.717) is 0 Å². The zero-order valence-corrected chi connectivity index (χ0v) is 10.5. The Morgan fingerprint density at radius 1 is 1.05 bits per heavy atom. The summed E-state index contributed by atoms with van der Waals surface area (Å²) in [5.41, 5.74) is 5.29. The van der Waals surface area contributed by atoms with E-state index in [1.807, 2.05) is 0 Å². The van der Waals surface area contributed by atoms with E-state index in [9.17, 15) is 30.7 Å². The molecule has 0 aliphatic carbocycles. The quantitative estimate of drug-likeness (QED) is 0.795. The fraction of sp³-hybridized carbons (Fsp3) is 0.500. The first-order valence-electron chi connectivity index (χ1n) is 5.79. The Labute approximate surface area is 115 Å². The minimum atomic E-state index is -4.75. The van der Waals surface area contributed by atoms with Crippen molar-refractivity contribution in [2.45, 2.75) is 37.6 Å². The van der Waals surface area contributed by atoms with Crippen molar-refractivity contribution in [1.29, 1.82) is 0 Å². The minimum absolute atomic E-state index is 0.193. The van der Waals surface area contributed by atoms with Crippen LogP contribution in [-0.2, 0) is 0 Å². The Morgan fingerprint density at radius 3 is 2.14 bits per heavy atom. The molecule has 0 unspecified atom stereocenters. The summed E-state index contributed by atoms with van der Waals surface area (Å²) < 4.78 is 90.1. The van der Waals surface area contributed by atoms with Crippen LogP contribution < -0.4 is 10.5 Å². The van der Waals surface area contributed by atoms with Crippen LogP contribution in [0, 0.1) is 0 Å². The topological polar surface area (TPSA) is 35.2 Å². The molecule has 2 nitrogen and oxygen atoms in total. The average Bonchev–Trinajstić information content (AvgIpc) is 2.35. The molecule has 9 heteroatoms. The molecule has 0 radical (unpaired) electrons. The number of ether oxygens (including phenoxy) is 1. The van der Waals surface area contributed by atoms with Gasteiger partial charge in [-0.15, -0.1) is 0 Å². The number of benzene rings is 1. The van der Waals surface area contributed by atoms with E-state index in [1.165, 1.54) is 12.1 Å². The normalized spacial score (nSPS) is 14.3. The second kappa shape index (κ2) is 6.50. The van der Waals surface area contributed by atoms with Gasteiger partial charge >= 0.3 is 18.7 Å². The third-order valence-electron chi connectivity index (χ3n) is 2.56. The molecule has 1 aromatic carbocycles. The van der Waals surface area contributed by atoms with Gasteiger partial charge in [0.2, 0.25) is 0 Å². The van der Waals surface area contributed by atoms with E-state index in [4.69, 9.17) is 5.73 Å². The number of halogens is 7. The maximum absolute atomic E-state index is 12.9. The molecule has 1 rings (SSSR count). The number of rotatable bonds is 6. The Morgan fingerprint density at radius 2 is 1.62 bits per heavy atom. The van der Waals surface area contributed by atoms with E-state index in [2.05, 4.69) is 4.74 Å². The molecule has 120 valence electrons. The lowest BCUT2D eigenvalue weighted by molar-refractivity contribution is -0.253. The molecule has 21 heavy (non-hydrogen) atoms. The van der Waals surface area contributed by atoms with Gasteiger partial charge in [0.15, 0.2) is 0 Å². The van der Waals surface area contributed by atoms with Crippen LogP contribution in [0.15, 0.2) is 24.3 Å². The smallest absolute Gasteiger partial charge is 0.428 e. The molecular formula is C12H12F7NO. The zero-order chi connectivity index (χ0) is 16.3. The van der Waals surface area contributed by atoms with Crippen molar-refractivity contribution in [2.24, 2.45) is 5.73 Å². The van der Waals surface area contributed by atoms with Crippen LogP contribution in [0.3, 0.4) is 0 Å². The van der Waals surface area contributed by atoms with Gasteiger partial charge in [0.05, 0.1) is 0 Å².